The van der Waals surface area contributed by atoms with Crippen molar-refractivity contribution < 1.29 is 24.4 Å². The summed E-state index contributed by atoms with van der Waals surface area (Å²) in [4.78, 5) is 45.3. The van der Waals surface area contributed by atoms with Crippen molar-refractivity contribution in [2.45, 2.75) is 25.7 Å². The molecular formula is C15H17N3O6. The minimum atomic E-state index is -1.03. The van der Waals surface area contributed by atoms with Gasteiger partial charge in [-0.05, 0) is 18.9 Å². The Labute approximate surface area is 137 Å². The first kappa shape index (κ1) is 17.4. The monoisotopic (exact) mass is 335 g/mol. The fourth-order valence-corrected chi connectivity index (χ4v) is 2.78. The molecule has 0 saturated heterocycles. The quantitative estimate of drug-likeness (QED) is 0.559. The SMILES string of the molecule is O=C(NNC(=O)[C@@H]1CCCC[C@H]1C(=O)O)c1cccc([N+](=O)[O-])c1. The minimum Gasteiger partial charge on any atom is -0.481 e. The fraction of sp³-hybridized carbons (Fsp3) is 0.400. The number of rotatable bonds is 4. The molecule has 0 spiro atoms. The summed E-state index contributed by atoms with van der Waals surface area (Å²) in [5, 5.41) is 19.9. The number of nitrogens with zero attached hydrogens (tertiary/aromatic N) is 1. The van der Waals surface area contributed by atoms with E-state index in [1.165, 1.54) is 18.2 Å². The van der Waals surface area contributed by atoms with Gasteiger partial charge in [-0.2, -0.15) is 0 Å². The van der Waals surface area contributed by atoms with Gasteiger partial charge in [0.25, 0.3) is 11.6 Å². The van der Waals surface area contributed by atoms with Gasteiger partial charge in [0.05, 0.1) is 16.8 Å². The van der Waals surface area contributed by atoms with E-state index in [4.69, 9.17) is 5.11 Å². The second-order valence-electron chi connectivity index (χ2n) is 5.59. The van der Waals surface area contributed by atoms with Crippen LogP contribution in [-0.2, 0) is 9.59 Å². The standard InChI is InChI=1S/C15H17N3O6/c19-13(9-4-3-5-10(8-9)18(23)24)16-17-14(20)11-6-1-2-7-12(11)15(21)22/h3-5,8,11-12H,1-2,6-7H2,(H,16,19)(H,17,20)(H,21,22)/t11-,12-/m1/s1. The number of benzene rings is 1. The number of carbonyl (C=O) groups is 3. The summed E-state index contributed by atoms with van der Waals surface area (Å²) in [5.74, 6) is -3.79. The van der Waals surface area contributed by atoms with E-state index in [0.717, 1.165) is 18.9 Å². The molecule has 128 valence electrons. The molecule has 0 heterocycles. The molecule has 1 fully saturated rings. The van der Waals surface area contributed by atoms with E-state index in [1.54, 1.807) is 0 Å². The summed E-state index contributed by atoms with van der Waals surface area (Å²) in [6.07, 6.45) is 2.36. The zero-order valence-electron chi connectivity index (χ0n) is 12.7. The Kier molecular flexibility index (Phi) is 5.46. The number of non-ortho nitro benzene ring substituents is 1. The minimum absolute atomic E-state index is 0.0166. The number of nitrogens with one attached hydrogen (secondary N) is 2. The van der Waals surface area contributed by atoms with Gasteiger partial charge in [0.15, 0.2) is 0 Å². The maximum absolute atomic E-state index is 12.1. The summed E-state index contributed by atoms with van der Waals surface area (Å²) in [5.41, 5.74) is 4.15. The van der Waals surface area contributed by atoms with Gasteiger partial charge in [-0.3, -0.25) is 35.3 Å². The van der Waals surface area contributed by atoms with Crippen LogP contribution in [0.15, 0.2) is 24.3 Å². The largest absolute Gasteiger partial charge is 0.481 e. The number of nitro groups is 1. The number of carboxylic acids is 1. The number of carboxylic acid groups (broad SMARTS) is 1. The van der Waals surface area contributed by atoms with Crippen LogP contribution in [0.2, 0.25) is 0 Å². The molecule has 1 saturated carbocycles. The van der Waals surface area contributed by atoms with Crippen LogP contribution in [0.1, 0.15) is 36.0 Å². The molecule has 3 N–H and O–H groups in total. The lowest BCUT2D eigenvalue weighted by Crippen LogP contribution is -2.47. The normalized spacial score (nSPS) is 20.0. The highest BCUT2D eigenvalue weighted by Crippen LogP contribution is 2.30. The molecule has 0 unspecified atom stereocenters. The first-order valence-electron chi connectivity index (χ1n) is 7.47. The molecule has 0 bridgehead atoms. The Morgan fingerprint density at radius 1 is 1.12 bits per heavy atom. The molecule has 2 amide bonds. The van der Waals surface area contributed by atoms with E-state index in [2.05, 4.69) is 10.9 Å². The Bertz CT molecular complexity index is 675. The van der Waals surface area contributed by atoms with Crippen LogP contribution in [0.5, 0.6) is 0 Å². The Morgan fingerprint density at radius 3 is 2.42 bits per heavy atom. The van der Waals surface area contributed by atoms with Crippen LogP contribution in [0, 0.1) is 22.0 Å². The second-order valence-corrected chi connectivity index (χ2v) is 5.59. The number of hydrogen-bond acceptors (Lipinski definition) is 5. The molecule has 1 aliphatic carbocycles. The van der Waals surface area contributed by atoms with Gasteiger partial charge in [-0.15, -0.1) is 0 Å². The summed E-state index contributed by atoms with van der Waals surface area (Å²) in [7, 11) is 0. The molecule has 1 aromatic carbocycles. The number of hydrogen-bond donors (Lipinski definition) is 3. The summed E-state index contributed by atoms with van der Waals surface area (Å²) < 4.78 is 0. The lowest BCUT2D eigenvalue weighted by molar-refractivity contribution is -0.384. The van der Waals surface area contributed by atoms with Crippen LogP contribution >= 0.6 is 0 Å². The molecule has 2 atom stereocenters. The third-order valence-electron chi connectivity index (χ3n) is 4.04. The van der Waals surface area contributed by atoms with Crippen molar-refractivity contribution in [2.75, 3.05) is 0 Å². The molecule has 1 aromatic rings. The zero-order chi connectivity index (χ0) is 17.7. The van der Waals surface area contributed by atoms with E-state index in [0.29, 0.717) is 12.8 Å². The van der Waals surface area contributed by atoms with Crippen molar-refractivity contribution in [3.05, 3.63) is 39.9 Å². The molecule has 0 aromatic heterocycles. The van der Waals surface area contributed by atoms with Gasteiger partial charge in [-0.25, -0.2) is 0 Å². The zero-order valence-corrected chi connectivity index (χ0v) is 12.7. The Morgan fingerprint density at radius 2 is 1.79 bits per heavy atom. The molecule has 1 aliphatic rings. The van der Waals surface area contributed by atoms with Crippen molar-refractivity contribution in [1.82, 2.24) is 10.9 Å². The first-order valence-corrected chi connectivity index (χ1v) is 7.47. The number of amides is 2. The molecule has 2 rings (SSSR count). The van der Waals surface area contributed by atoms with Crippen molar-refractivity contribution in [2.24, 2.45) is 11.8 Å². The molecule has 9 heteroatoms. The van der Waals surface area contributed by atoms with Crippen LogP contribution in [0.25, 0.3) is 0 Å². The predicted octanol–water partition coefficient (Wildman–Crippen LogP) is 1.25. The first-order chi connectivity index (χ1) is 11.4. The van der Waals surface area contributed by atoms with E-state index in [1.807, 2.05) is 0 Å². The van der Waals surface area contributed by atoms with Gasteiger partial charge in [-0.1, -0.05) is 18.9 Å². The highest BCUT2D eigenvalue weighted by molar-refractivity contribution is 5.96. The van der Waals surface area contributed by atoms with Crippen molar-refractivity contribution in [1.29, 1.82) is 0 Å². The van der Waals surface area contributed by atoms with E-state index in [-0.39, 0.29) is 11.3 Å². The fourth-order valence-electron chi connectivity index (χ4n) is 2.78. The average Bonchev–Trinajstić information content (AvgIpc) is 2.59. The third kappa shape index (κ3) is 4.06. The average molecular weight is 335 g/mol. The molecule has 0 radical (unpaired) electrons. The summed E-state index contributed by atoms with van der Waals surface area (Å²) in [6.45, 7) is 0. The molecule has 24 heavy (non-hydrogen) atoms. The number of hydrazine groups is 1. The highest BCUT2D eigenvalue weighted by Gasteiger charge is 2.35. The van der Waals surface area contributed by atoms with Gasteiger partial charge in [0.2, 0.25) is 5.91 Å². The maximum Gasteiger partial charge on any atom is 0.307 e. The number of carbonyl (C=O) groups excluding carboxylic acids is 2. The summed E-state index contributed by atoms with van der Waals surface area (Å²) >= 11 is 0. The van der Waals surface area contributed by atoms with Crippen molar-refractivity contribution in [3.63, 3.8) is 0 Å². The predicted molar refractivity (Wildman–Crippen MR) is 81.8 cm³/mol. The van der Waals surface area contributed by atoms with Crippen LogP contribution < -0.4 is 10.9 Å². The number of aliphatic carboxylic acids is 1. The van der Waals surface area contributed by atoms with Crippen molar-refractivity contribution >= 4 is 23.5 Å². The third-order valence-corrected chi connectivity index (χ3v) is 4.04. The van der Waals surface area contributed by atoms with Gasteiger partial charge in [0.1, 0.15) is 0 Å². The van der Waals surface area contributed by atoms with E-state index < -0.39 is 34.5 Å². The Balaban J connectivity index is 1.98. The molecule has 0 aliphatic heterocycles. The van der Waals surface area contributed by atoms with Gasteiger partial charge in [0, 0.05) is 17.7 Å². The van der Waals surface area contributed by atoms with Crippen LogP contribution in [0.3, 0.4) is 0 Å². The molecular weight excluding hydrogens is 318 g/mol. The molecule has 9 nitrogen and oxygen atoms in total. The lowest BCUT2D eigenvalue weighted by Gasteiger charge is -2.27. The Hall–Kier alpha value is -2.97. The topological polar surface area (TPSA) is 139 Å². The summed E-state index contributed by atoms with van der Waals surface area (Å²) in [6, 6.07) is 5.06. The van der Waals surface area contributed by atoms with E-state index >= 15 is 0 Å². The van der Waals surface area contributed by atoms with Gasteiger partial charge >= 0.3 is 5.97 Å². The highest BCUT2D eigenvalue weighted by atomic mass is 16.6. The lowest BCUT2D eigenvalue weighted by atomic mass is 9.79. The van der Waals surface area contributed by atoms with Crippen molar-refractivity contribution in [3.8, 4) is 0 Å². The smallest absolute Gasteiger partial charge is 0.307 e. The van der Waals surface area contributed by atoms with Crippen LogP contribution in [0.4, 0.5) is 5.69 Å². The van der Waals surface area contributed by atoms with Crippen LogP contribution in [-0.4, -0.2) is 27.8 Å². The van der Waals surface area contributed by atoms with E-state index in [9.17, 15) is 24.5 Å². The number of nitro benzene ring substituents is 1. The second kappa shape index (κ2) is 7.53. The maximum atomic E-state index is 12.1. The van der Waals surface area contributed by atoms with Gasteiger partial charge < -0.3 is 5.11 Å².